The first-order chi connectivity index (χ1) is 17.8. The van der Waals surface area contributed by atoms with Crippen molar-refractivity contribution in [1.82, 2.24) is 9.38 Å². The van der Waals surface area contributed by atoms with Gasteiger partial charge in [0.05, 0.1) is 15.9 Å². The standard InChI is InChI=1S/C31H22N2O2S/c34-30-27(20-22-16-18-26(19-17-22)35-21-23-10-4-1-5-11-23)36-31-32-28(24-12-6-2-7-13-24)29(33(30)31)25-14-8-3-9-15-25/h1-20H,21H2/b27-20+. The van der Waals surface area contributed by atoms with Gasteiger partial charge in [0.15, 0.2) is 4.96 Å². The number of hydrogen-bond acceptors (Lipinski definition) is 4. The smallest absolute Gasteiger partial charge is 0.274 e. The zero-order valence-electron chi connectivity index (χ0n) is 19.4. The molecule has 6 rings (SSSR count). The SMILES string of the molecule is O=c1/c(=C\c2ccc(OCc3ccccc3)cc2)sc2nc(-c3ccccc3)c(-c3ccccc3)n12. The van der Waals surface area contributed by atoms with Crippen LogP contribution in [0.4, 0.5) is 0 Å². The Labute approximate surface area is 212 Å². The van der Waals surface area contributed by atoms with Crippen molar-refractivity contribution < 1.29 is 4.74 Å². The number of nitrogens with zero attached hydrogens (tertiary/aromatic N) is 2. The van der Waals surface area contributed by atoms with Gasteiger partial charge in [-0.05, 0) is 29.3 Å². The predicted molar refractivity (Wildman–Crippen MR) is 146 cm³/mol. The summed E-state index contributed by atoms with van der Waals surface area (Å²) in [4.78, 5) is 19.2. The van der Waals surface area contributed by atoms with Gasteiger partial charge >= 0.3 is 0 Å². The summed E-state index contributed by atoms with van der Waals surface area (Å²) in [5.74, 6) is 0.790. The lowest BCUT2D eigenvalue weighted by atomic mass is 10.1. The molecular formula is C31H22N2O2S. The molecule has 0 N–H and O–H groups in total. The maximum Gasteiger partial charge on any atom is 0.274 e. The first-order valence-electron chi connectivity index (χ1n) is 11.7. The molecule has 4 aromatic carbocycles. The average molecular weight is 487 g/mol. The third kappa shape index (κ3) is 4.32. The largest absolute Gasteiger partial charge is 0.489 e. The van der Waals surface area contributed by atoms with Gasteiger partial charge in [-0.3, -0.25) is 4.79 Å². The molecule has 0 radical (unpaired) electrons. The second-order valence-corrected chi connectivity index (χ2v) is 9.43. The maximum atomic E-state index is 13.6. The summed E-state index contributed by atoms with van der Waals surface area (Å²) in [5.41, 5.74) is 5.59. The molecule has 0 bridgehead atoms. The molecule has 0 aliphatic rings. The lowest BCUT2D eigenvalue weighted by Gasteiger charge is -2.06. The van der Waals surface area contributed by atoms with Crippen LogP contribution in [0.5, 0.6) is 5.75 Å². The summed E-state index contributed by atoms with van der Waals surface area (Å²) in [5, 5.41) is 0. The van der Waals surface area contributed by atoms with E-state index in [0.29, 0.717) is 16.1 Å². The molecule has 0 aliphatic heterocycles. The Morgan fingerprint density at radius 3 is 2.03 bits per heavy atom. The van der Waals surface area contributed by atoms with Crippen LogP contribution < -0.4 is 14.8 Å². The molecule has 0 saturated carbocycles. The number of benzene rings is 4. The molecule has 36 heavy (non-hydrogen) atoms. The average Bonchev–Trinajstić information content (AvgIpc) is 3.46. The number of imidazole rings is 1. The Balaban J connectivity index is 1.37. The minimum Gasteiger partial charge on any atom is -0.489 e. The van der Waals surface area contributed by atoms with Crippen LogP contribution in [0.25, 0.3) is 33.6 Å². The highest BCUT2D eigenvalue weighted by atomic mass is 32.1. The number of aromatic nitrogens is 2. The fourth-order valence-corrected chi connectivity index (χ4v) is 5.18. The summed E-state index contributed by atoms with van der Waals surface area (Å²) < 4.78 is 8.28. The van der Waals surface area contributed by atoms with E-state index in [1.165, 1.54) is 11.3 Å². The normalized spacial score (nSPS) is 11.7. The zero-order valence-corrected chi connectivity index (χ0v) is 20.2. The molecule has 0 amide bonds. The first kappa shape index (κ1) is 22.0. The van der Waals surface area contributed by atoms with Crippen molar-refractivity contribution in [2.75, 3.05) is 0 Å². The van der Waals surface area contributed by atoms with E-state index in [0.717, 1.165) is 39.4 Å². The third-order valence-corrected chi connectivity index (χ3v) is 6.95. The van der Waals surface area contributed by atoms with Crippen molar-refractivity contribution in [3.8, 4) is 28.3 Å². The van der Waals surface area contributed by atoms with Crippen LogP contribution >= 0.6 is 11.3 Å². The molecule has 4 nitrogen and oxygen atoms in total. The van der Waals surface area contributed by atoms with Crippen LogP contribution in [0.15, 0.2) is 120 Å². The van der Waals surface area contributed by atoms with Crippen LogP contribution in [-0.4, -0.2) is 9.38 Å². The molecule has 6 aromatic rings. The van der Waals surface area contributed by atoms with Gasteiger partial charge < -0.3 is 4.74 Å². The molecule has 174 valence electrons. The molecule has 0 fully saturated rings. The van der Waals surface area contributed by atoms with Gasteiger partial charge in [0.2, 0.25) is 0 Å². The molecule has 0 saturated heterocycles. The molecule has 0 aliphatic carbocycles. The van der Waals surface area contributed by atoms with Crippen LogP contribution in [0.3, 0.4) is 0 Å². The lowest BCUT2D eigenvalue weighted by Crippen LogP contribution is -2.23. The summed E-state index contributed by atoms with van der Waals surface area (Å²) in [7, 11) is 0. The number of ether oxygens (including phenoxy) is 1. The Kier molecular flexibility index (Phi) is 5.90. The highest BCUT2D eigenvalue weighted by Crippen LogP contribution is 2.32. The lowest BCUT2D eigenvalue weighted by molar-refractivity contribution is 0.306. The summed E-state index contributed by atoms with van der Waals surface area (Å²) in [6.45, 7) is 0.517. The van der Waals surface area contributed by atoms with Crippen molar-refractivity contribution in [2.45, 2.75) is 6.61 Å². The van der Waals surface area contributed by atoms with E-state index in [1.54, 1.807) is 4.40 Å². The van der Waals surface area contributed by atoms with E-state index in [1.807, 2.05) is 121 Å². The minimum atomic E-state index is -0.0621. The van der Waals surface area contributed by atoms with Gasteiger partial charge in [-0.2, -0.15) is 0 Å². The molecule has 2 heterocycles. The Bertz CT molecular complexity index is 1720. The van der Waals surface area contributed by atoms with Crippen molar-refractivity contribution in [3.63, 3.8) is 0 Å². The van der Waals surface area contributed by atoms with Gasteiger partial charge in [-0.1, -0.05) is 114 Å². The molecule has 5 heteroatoms. The number of hydrogen-bond donors (Lipinski definition) is 0. The highest BCUT2D eigenvalue weighted by molar-refractivity contribution is 7.15. The van der Waals surface area contributed by atoms with Crippen molar-refractivity contribution in [1.29, 1.82) is 0 Å². The molecule has 0 atom stereocenters. The second-order valence-electron chi connectivity index (χ2n) is 8.42. The first-order valence-corrected chi connectivity index (χ1v) is 12.5. The van der Waals surface area contributed by atoms with Crippen LogP contribution in [-0.2, 0) is 6.61 Å². The van der Waals surface area contributed by atoms with Crippen molar-refractivity contribution in [2.24, 2.45) is 0 Å². The van der Waals surface area contributed by atoms with E-state index in [-0.39, 0.29) is 5.56 Å². The van der Waals surface area contributed by atoms with E-state index >= 15 is 0 Å². The second kappa shape index (κ2) is 9.64. The zero-order chi connectivity index (χ0) is 24.3. The van der Waals surface area contributed by atoms with Gasteiger partial charge in [0, 0.05) is 11.1 Å². The Morgan fingerprint density at radius 1 is 0.750 bits per heavy atom. The fraction of sp³-hybridized carbons (Fsp3) is 0.0323. The van der Waals surface area contributed by atoms with E-state index in [2.05, 4.69) is 0 Å². The Morgan fingerprint density at radius 2 is 1.36 bits per heavy atom. The van der Waals surface area contributed by atoms with Gasteiger partial charge in [0.1, 0.15) is 12.4 Å². The molecule has 0 spiro atoms. The van der Waals surface area contributed by atoms with Crippen molar-refractivity contribution in [3.05, 3.63) is 141 Å². The third-order valence-electron chi connectivity index (χ3n) is 5.98. The van der Waals surface area contributed by atoms with Gasteiger partial charge in [-0.25, -0.2) is 9.38 Å². The monoisotopic (exact) mass is 486 g/mol. The quantitative estimate of drug-likeness (QED) is 0.281. The van der Waals surface area contributed by atoms with E-state index < -0.39 is 0 Å². The van der Waals surface area contributed by atoms with E-state index in [9.17, 15) is 4.79 Å². The molecule has 2 aromatic heterocycles. The Hall–Kier alpha value is -4.48. The predicted octanol–water partition coefficient (Wildman–Crippen LogP) is 6.22. The van der Waals surface area contributed by atoms with Crippen LogP contribution in [0, 0.1) is 0 Å². The fourth-order valence-electron chi connectivity index (χ4n) is 4.21. The van der Waals surface area contributed by atoms with Gasteiger partial charge in [0.25, 0.3) is 5.56 Å². The number of rotatable bonds is 6. The minimum absolute atomic E-state index is 0.0621. The maximum absolute atomic E-state index is 13.6. The van der Waals surface area contributed by atoms with Crippen LogP contribution in [0.2, 0.25) is 0 Å². The van der Waals surface area contributed by atoms with Crippen molar-refractivity contribution >= 4 is 22.4 Å². The number of thiazole rings is 1. The summed E-state index contributed by atoms with van der Waals surface area (Å²) in [6, 6.07) is 37.9. The topological polar surface area (TPSA) is 43.6 Å². The summed E-state index contributed by atoms with van der Waals surface area (Å²) >= 11 is 1.41. The summed E-state index contributed by atoms with van der Waals surface area (Å²) in [6.07, 6.45) is 1.92. The molecular weight excluding hydrogens is 464 g/mol. The number of fused-ring (bicyclic) bond motifs is 1. The van der Waals surface area contributed by atoms with Gasteiger partial charge in [-0.15, -0.1) is 0 Å². The van der Waals surface area contributed by atoms with Crippen LogP contribution in [0.1, 0.15) is 11.1 Å². The molecule has 0 unspecified atom stereocenters. The highest BCUT2D eigenvalue weighted by Gasteiger charge is 2.19. The van der Waals surface area contributed by atoms with E-state index in [4.69, 9.17) is 9.72 Å².